The van der Waals surface area contributed by atoms with Crippen molar-refractivity contribution in [3.8, 4) is 0 Å². The average Bonchev–Trinajstić information content (AvgIpc) is 1.94. The molecule has 0 saturated heterocycles. The molecule has 0 saturated carbocycles. The van der Waals surface area contributed by atoms with Gasteiger partial charge in [0.15, 0.2) is 0 Å². The Morgan fingerprint density at radius 1 is 1.80 bits per heavy atom. The number of hydrogen-bond acceptors (Lipinski definition) is 2. The van der Waals surface area contributed by atoms with Crippen LogP contribution in [0.4, 0.5) is 0 Å². The van der Waals surface area contributed by atoms with Crippen molar-refractivity contribution in [2.75, 3.05) is 0 Å². The summed E-state index contributed by atoms with van der Waals surface area (Å²) in [7, 11) is 0. The maximum absolute atomic E-state index is 4.97. The Balaban J connectivity index is 3.03. The van der Waals surface area contributed by atoms with Crippen molar-refractivity contribution in [1.29, 1.82) is 0 Å². The summed E-state index contributed by atoms with van der Waals surface area (Å²) in [5, 5.41) is 0. The first-order chi connectivity index (χ1) is 4.84. The Hall–Kier alpha value is -0.960. The molecular formula is C7H8N2S. The van der Waals surface area contributed by atoms with Crippen molar-refractivity contribution in [3.05, 3.63) is 35.9 Å². The lowest BCUT2D eigenvalue weighted by Crippen LogP contribution is -1.96. The predicted molar refractivity (Wildman–Crippen MR) is 43.3 cm³/mol. The van der Waals surface area contributed by atoms with Crippen LogP contribution in [0.15, 0.2) is 31.2 Å². The fraction of sp³-hybridized carbons (Fsp3) is 0.143. The highest BCUT2D eigenvalue weighted by Crippen LogP contribution is 1.89. The SMILES string of the molecule is C=CCn1ccncc1=S. The largest absolute Gasteiger partial charge is 0.333 e. The summed E-state index contributed by atoms with van der Waals surface area (Å²) in [6, 6.07) is 0. The fourth-order valence-electron chi connectivity index (χ4n) is 0.663. The summed E-state index contributed by atoms with van der Waals surface area (Å²) < 4.78 is 2.64. The summed E-state index contributed by atoms with van der Waals surface area (Å²) in [6.07, 6.45) is 7.00. The topological polar surface area (TPSA) is 17.8 Å². The van der Waals surface area contributed by atoms with Crippen molar-refractivity contribution in [3.63, 3.8) is 0 Å². The number of nitrogens with zero attached hydrogens (tertiary/aromatic N) is 2. The Labute approximate surface area is 64.8 Å². The highest BCUT2D eigenvalue weighted by atomic mass is 32.1. The van der Waals surface area contributed by atoms with Crippen LogP contribution in [0.5, 0.6) is 0 Å². The van der Waals surface area contributed by atoms with E-state index in [1.165, 1.54) is 0 Å². The predicted octanol–water partition coefficient (Wildman–Crippen LogP) is 1.80. The van der Waals surface area contributed by atoms with E-state index in [-0.39, 0.29) is 0 Å². The van der Waals surface area contributed by atoms with Gasteiger partial charge in [0.2, 0.25) is 0 Å². The Morgan fingerprint density at radius 2 is 2.60 bits per heavy atom. The molecule has 1 aromatic heterocycles. The standard InChI is InChI=1S/C7H8N2S/c1-2-4-9-5-3-8-6-7(9)10/h2-3,5-6H,1,4H2. The zero-order valence-electron chi connectivity index (χ0n) is 5.53. The molecule has 0 N–H and O–H groups in total. The second kappa shape index (κ2) is 3.27. The third kappa shape index (κ3) is 1.51. The van der Waals surface area contributed by atoms with Crippen molar-refractivity contribution in [2.45, 2.75) is 6.54 Å². The fourth-order valence-corrected chi connectivity index (χ4v) is 0.860. The molecule has 3 heteroatoms. The molecule has 2 nitrogen and oxygen atoms in total. The van der Waals surface area contributed by atoms with Crippen molar-refractivity contribution >= 4 is 12.2 Å². The molecule has 1 rings (SSSR count). The lowest BCUT2D eigenvalue weighted by atomic mass is 10.6. The van der Waals surface area contributed by atoms with Gasteiger partial charge in [-0.2, -0.15) is 0 Å². The highest BCUT2D eigenvalue weighted by molar-refractivity contribution is 7.71. The van der Waals surface area contributed by atoms with Gasteiger partial charge in [0.1, 0.15) is 4.64 Å². The van der Waals surface area contributed by atoms with Crippen molar-refractivity contribution in [2.24, 2.45) is 0 Å². The molecule has 52 valence electrons. The second-order valence-electron chi connectivity index (χ2n) is 1.86. The maximum Gasteiger partial charge on any atom is 0.124 e. The van der Waals surface area contributed by atoms with E-state index in [1.807, 2.05) is 10.8 Å². The van der Waals surface area contributed by atoms with E-state index in [2.05, 4.69) is 11.6 Å². The van der Waals surface area contributed by atoms with Gasteiger partial charge in [0.25, 0.3) is 0 Å². The molecular weight excluding hydrogens is 144 g/mol. The van der Waals surface area contributed by atoms with Gasteiger partial charge in [0.05, 0.1) is 6.20 Å². The third-order valence-electron chi connectivity index (χ3n) is 1.13. The second-order valence-corrected chi connectivity index (χ2v) is 2.27. The summed E-state index contributed by atoms with van der Waals surface area (Å²) in [4.78, 5) is 3.87. The molecule has 0 spiro atoms. The van der Waals surface area contributed by atoms with E-state index < -0.39 is 0 Å². The highest BCUT2D eigenvalue weighted by Gasteiger charge is 1.84. The minimum atomic E-state index is 0.738. The molecule has 0 radical (unpaired) electrons. The first-order valence-corrected chi connectivity index (χ1v) is 3.37. The van der Waals surface area contributed by atoms with Crippen LogP contribution in [0.1, 0.15) is 0 Å². The molecule has 0 atom stereocenters. The van der Waals surface area contributed by atoms with E-state index in [0.29, 0.717) is 0 Å². The van der Waals surface area contributed by atoms with Gasteiger partial charge in [-0.25, -0.2) is 0 Å². The Bertz CT molecular complexity index is 277. The molecule has 0 unspecified atom stereocenters. The monoisotopic (exact) mass is 152 g/mol. The quantitative estimate of drug-likeness (QED) is 0.475. The zero-order chi connectivity index (χ0) is 7.40. The molecule has 0 fully saturated rings. The van der Waals surface area contributed by atoms with E-state index >= 15 is 0 Å². The summed E-state index contributed by atoms with van der Waals surface area (Å²) in [5.41, 5.74) is 0. The summed E-state index contributed by atoms with van der Waals surface area (Å²) >= 11 is 4.97. The van der Waals surface area contributed by atoms with Crippen LogP contribution in [-0.4, -0.2) is 9.55 Å². The first kappa shape index (κ1) is 7.15. The molecule has 10 heavy (non-hydrogen) atoms. The maximum atomic E-state index is 4.97. The normalized spacial score (nSPS) is 9.20. The summed E-state index contributed by atoms with van der Waals surface area (Å²) in [5.74, 6) is 0. The molecule has 1 aromatic rings. The van der Waals surface area contributed by atoms with Crippen LogP contribution in [-0.2, 0) is 6.54 Å². The van der Waals surface area contributed by atoms with Gasteiger partial charge >= 0.3 is 0 Å². The van der Waals surface area contributed by atoms with Crippen LogP contribution in [0.2, 0.25) is 0 Å². The smallest absolute Gasteiger partial charge is 0.124 e. The molecule has 0 aromatic carbocycles. The minimum absolute atomic E-state index is 0.738. The summed E-state index contributed by atoms with van der Waals surface area (Å²) in [6.45, 7) is 4.36. The molecule has 0 bridgehead atoms. The number of aromatic nitrogens is 2. The average molecular weight is 152 g/mol. The number of hydrogen-bond donors (Lipinski definition) is 0. The van der Waals surface area contributed by atoms with Gasteiger partial charge in [-0.15, -0.1) is 6.58 Å². The zero-order valence-corrected chi connectivity index (χ0v) is 6.34. The van der Waals surface area contributed by atoms with Gasteiger partial charge in [-0.1, -0.05) is 18.3 Å². The van der Waals surface area contributed by atoms with Gasteiger partial charge in [0, 0.05) is 18.9 Å². The lowest BCUT2D eigenvalue weighted by molar-refractivity contribution is 0.789. The van der Waals surface area contributed by atoms with Crippen LogP contribution >= 0.6 is 12.2 Å². The van der Waals surface area contributed by atoms with E-state index in [9.17, 15) is 0 Å². The van der Waals surface area contributed by atoms with E-state index in [4.69, 9.17) is 12.2 Å². The molecule has 1 heterocycles. The molecule has 0 amide bonds. The Morgan fingerprint density at radius 3 is 3.20 bits per heavy atom. The van der Waals surface area contributed by atoms with Gasteiger partial charge in [-0.3, -0.25) is 4.98 Å². The van der Waals surface area contributed by atoms with Crippen LogP contribution < -0.4 is 0 Å². The first-order valence-electron chi connectivity index (χ1n) is 2.96. The number of allylic oxidation sites excluding steroid dienone is 1. The Kier molecular flexibility index (Phi) is 2.34. The van der Waals surface area contributed by atoms with Crippen LogP contribution in [0, 0.1) is 4.64 Å². The lowest BCUT2D eigenvalue weighted by Gasteiger charge is -1.99. The minimum Gasteiger partial charge on any atom is -0.333 e. The van der Waals surface area contributed by atoms with Gasteiger partial charge < -0.3 is 4.57 Å². The number of rotatable bonds is 2. The van der Waals surface area contributed by atoms with E-state index in [0.717, 1.165) is 11.2 Å². The molecule has 0 aliphatic heterocycles. The van der Waals surface area contributed by atoms with Crippen LogP contribution in [0.3, 0.4) is 0 Å². The van der Waals surface area contributed by atoms with E-state index in [1.54, 1.807) is 18.5 Å². The van der Waals surface area contributed by atoms with Crippen molar-refractivity contribution in [1.82, 2.24) is 9.55 Å². The molecule has 0 aliphatic rings. The van der Waals surface area contributed by atoms with Crippen molar-refractivity contribution < 1.29 is 0 Å². The van der Waals surface area contributed by atoms with Gasteiger partial charge in [-0.05, 0) is 0 Å². The third-order valence-corrected chi connectivity index (χ3v) is 1.47. The molecule has 0 aliphatic carbocycles. The van der Waals surface area contributed by atoms with Crippen LogP contribution in [0.25, 0.3) is 0 Å².